The summed E-state index contributed by atoms with van der Waals surface area (Å²) in [6.07, 6.45) is 2.66. The Morgan fingerprint density at radius 1 is 1.33 bits per heavy atom. The van der Waals surface area contributed by atoms with Gasteiger partial charge in [0.05, 0.1) is 14.2 Å². The van der Waals surface area contributed by atoms with Crippen LogP contribution in [0.25, 0.3) is 0 Å². The largest absolute Gasteiger partial charge is 0.493 e. The van der Waals surface area contributed by atoms with E-state index in [0.717, 1.165) is 24.3 Å². The van der Waals surface area contributed by atoms with Gasteiger partial charge in [0, 0.05) is 13.0 Å². The number of hydrogen-bond donors (Lipinski definition) is 1. The third-order valence-electron chi connectivity index (χ3n) is 3.64. The van der Waals surface area contributed by atoms with Gasteiger partial charge in [0.2, 0.25) is 0 Å². The van der Waals surface area contributed by atoms with Gasteiger partial charge < -0.3 is 19.5 Å². The van der Waals surface area contributed by atoms with Crippen molar-refractivity contribution in [2.45, 2.75) is 38.3 Å². The fraction of sp³-hybridized carbons (Fsp3) is 0.562. The minimum Gasteiger partial charge on any atom is -0.493 e. The Balaban J connectivity index is 2.01. The van der Waals surface area contributed by atoms with Crippen LogP contribution in [0.2, 0.25) is 0 Å². The number of rotatable bonds is 6. The van der Waals surface area contributed by atoms with Crippen LogP contribution in [-0.2, 0) is 16.0 Å². The topological polar surface area (TPSA) is 56.8 Å². The molecular weight excluding hydrogens is 270 g/mol. The first kappa shape index (κ1) is 15.6. The molecule has 0 spiro atoms. The summed E-state index contributed by atoms with van der Waals surface area (Å²) in [5, 5.41) is 3.11. The molecule has 0 aliphatic carbocycles. The predicted octanol–water partition coefficient (Wildman–Crippen LogP) is 1.93. The Hall–Kier alpha value is -1.75. The Morgan fingerprint density at radius 3 is 2.81 bits per heavy atom. The van der Waals surface area contributed by atoms with E-state index in [1.54, 1.807) is 7.11 Å². The molecule has 1 aliphatic heterocycles. The second-order valence-corrected chi connectivity index (χ2v) is 5.19. The number of esters is 1. The number of methoxy groups -OCH3 is 2. The number of carbonyl (C=O) groups is 1. The summed E-state index contributed by atoms with van der Waals surface area (Å²) >= 11 is 0. The SMILES string of the molecule is CCCc1ccc(O[C@H]2CN[C@H](C(=O)OC)C2)c(OC)c1. The van der Waals surface area contributed by atoms with Crippen LogP contribution in [0.4, 0.5) is 0 Å². The lowest BCUT2D eigenvalue weighted by atomic mass is 10.1. The molecule has 1 heterocycles. The van der Waals surface area contributed by atoms with Crippen molar-refractivity contribution in [1.29, 1.82) is 0 Å². The van der Waals surface area contributed by atoms with Crippen molar-refractivity contribution in [1.82, 2.24) is 5.32 Å². The van der Waals surface area contributed by atoms with Gasteiger partial charge in [0.15, 0.2) is 11.5 Å². The number of benzene rings is 1. The Labute approximate surface area is 125 Å². The van der Waals surface area contributed by atoms with E-state index in [9.17, 15) is 4.79 Å². The minimum atomic E-state index is -0.287. The molecule has 5 nitrogen and oxygen atoms in total. The zero-order valence-corrected chi connectivity index (χ0v) is 12.8. The number of carbonyl (C=O) groups excluding carboxylic acids is 1. The van der Waals surface area contributed by atoms with Gasteiger partial charge in [0.25, 0.3) is 0 Å². The predicted molar refractivity (Wildman–Crippen MR) is 79.8 cm³/mol. The maximum atomic E-state index is 11.5. The maximum Gasteiger partial charge on any atom is 0.323 e. The smallest absolute Gasteiger partial charge is 0.323 e. The summed E-state index contributed by atoms with van der Waals surface area (Å²) in [5.74, 6) is 1.21. The van der Waals surface area contributed by atoms with Crippen LogP contribution in [0.1, 0.15) is 25.3 Å². The van der Waals surface area contributed by atoms with Crippen LogP contribution < -0.4 is 14.8 Å². The van der Waals surface area contributed by atoms with Crippen molar-refractivity contribution in [3.8, 4) is 11.5 Å². The quantitative estimate of drug-likeness (QED) is 0.812. The summed E-state index contributed by atoms with van der Waals surface area (Å²) in [6.45, 7) is 2.77. The number of nitrogens with one attached hydrogen (secondary N) is 1. The van der Waals surface area contributed by atoms with Crippen LogP contribution in [0.5, 0.6) is 11.5 Å². The molecule has 0 saturated carbocycles. The maximum absolute atomic E-state index is 11.5. The second-order valence-electron chi connectivity index (χ2n) is 5.19. The van der Waals surface area contributed by atoms with Gasteiger partial charge in [-0.05, 0) is 24.1 Å². The van der Waals surface area contributed by atoms with Gasteiger partial charge in [-0.2, -0.15) is 0 Å². The molecule has 21 heavy (non-hydrogen) atoms. The number of ether oxygens (including phenoxy) is 3. The first-order valence-corrected chi connectivity index (χ1v) is 7.32. The molecule has 0 radical (unpaired) electrons. The van der Waals surface area contributed by atoms with Gasteiger partial charge in [0.1, 0.15) is 12.1 Å². The van der Waals surface area contributed by atoms with Gasteiger partial charge in [-0.15, -0.1) is 0 Å². The Bertz CT molecular complexity index is 489. The van der Waals surface area contributed by atoms with E-state index in [4.69, 9.17) is 14.2 Å². The lowest BCUT2D eigenvalue weighted by Crippen LogP contribution is -2.31. The fourth-order valence-electron chi connectivity index (χ4n) is 2.55. The third-order valence-corrected chi connectivity index (χ3v) is 3.64. The highest BCUT2D eigenvalue weighted by molar-refractivity contribution is 5.76. The summed E-state index contributed by atoms with van der Waals surface area (Å²) in [5.41, 5.74) is 1.23. The third kappa shape index (κ3) is 3.88. The Morgan fingerprint density at radius 2 is 2.14 bits per heavy atom. The van der Waals surface area contributed by atoms with Crippen molar-refractivity contribution in [2.24, 2.45) is 0 Å². The first-order valence-electron chi connectivity index (χ1n) is 7.32. The molecule has 0 unspecified atom stereocenters. The van der Waals surface area contributed by atoms with Crippen LogP contribution >= 0.6 is 0 Å². The number of aryl methyl sites for hydroxylation is 1. The molecule has 2 rings (SSSR count). The molecule has 0 bridgehead atoms. The molecule has 1 aliphatic rings. The van der Waals surface area contributed by atoms with E-state index in [2.05, 4.69) is 18.3 Å². The zero-order valence-electron chi connectivity index (χ0n) is 12.8. The second kappa shape index (κ2) is 7.31. The van der Waals surface area contributed by atoms with E-state index in [1.165, 1.54) is 12.7 Å². The van der Waals surface area contributed by atoms with E-state index in [-0.39, 0.29) is 18.1 Å². The summed E-state index contributed by atoms with van der Waals surface area (Å²) in [6, 6.07) is 5.72. The van der Waals surface area contributed by atoms with Crippen molar-refractivity contribution in [3.63, 3.8) is 0 Å². The molecular formula is C16H23NO4. The normalized spacial score (nSPS) is 21.1. The van der Waals surface area contributed by atoms with Gasteiger partial charge in [-0.1, -0.05) is 19.4 Å². The summed E-state index contributed by atoms with van der Waals surface area (Å²) < 4.78 is 16.1. The van der Waals surface area contributed by atoms with Gasteiger partial charge >= 0.3 is 5.97 Å². The molecule has 5 heteroatoms. The molecule has 116 valence electrons. The van der Waals surface area contributed by atoms with Crippen LogP contribution in [0, 0.1) is 0 Å². The average Bonchev–Trinajstić information content (AvgIpc) is 2.96. The molecule has 1 N–H and O–H groups in total. The molecule has 1 aromatic carbocycles. The van der Waals surface area contributed by atoms with Crippen molar-refractivity contribution in [3.05, 3.63) is 23.8 Å². The van der Waals surface area contributed by atoms with E-state index in [1.807, 2.05) is 12.1 Å². The monoisotopic (exact) mass is 293 g/mol. The lowest BCUT2D eigenvalue weighted by Gasteiger charge is -2.16. The highest BCUT2D eigenvalue weighted by atomic mass is 16.5. The molecule has 1 saturated heterocycles. The molecule has 2 atom stereocenters. The van der Waals surface area contributed by atoms with Crippen LogP contribution in [0.15, 0.2) is 18.2 Å². The van der Waals surface area contributed by atoms with Crippen LogP contribution in [0.3, 0.4) is 0 Å². The molecule has 0 aromatic heterocycles. The Kier molecular flexibility index (Phi) is 5.44. The van der Waals surface area contributed by atoms with E-state index >= 15 is 0 Å². The lowest BCUT2D eigenvalue weighted by molar-refractivity contribution is -0.142. The zero-order chi connectivity index (χ0) is 15.2. The molecule has 1 aromatic rings. The summed E-state index contributed by atoms with van der Waals surface area (Å²) in [7, 11) is 3.04. The standard InChI is InChI=1S/C16H23NO4/c1-4-5-11-6-7-14(15(8-11)19-2)21-12-9-13(17-10-12)16(18)20-3/h6-8,12-13,17H,4-5,9-10H2,1-3H3/t12-,13+/m1/s1. The number of hydrogen-bond acceptors (Lipinski definition) is 5. The first-order chi connectivity index (χ1) is 10.2. The van der Waals surface area contributed by atoms with E-state index < -0.39 is 0 Å². The minimum absolute atomic E-state index is 0.0555. The van der Waals surface area contributed by atoms with E-state index in [0.29, 0.717) is 13.0 Å². The van der Waals surface area contributed by atoms with Crippen molar-refractivity contribution in [2.75, 3.05) is 20.8 Å². The molecule has 1 fully saturated rings. The summed E-state index contributed by atoms with van der Waals surface area (Å²) in [4.78, 5) is 11.5. The average molecular weight is 293 g/mol. The highest BCUT2D eigenvalue weighted by Crippen LogP contribution is 2.30. The highest BCUT2D eigenvalue weighted by Gasteiger charge is 2.31. The van der Waals surface area contributed by atoms with Crippen LogP contribution in [-0.4, -0.2) is 38.9 Å². The fourth-order valence-corrected chi connectivity index (χ4v) is 2.55. The molecule has 0 amide bonds. The van der Waals surface area contributed by atoms with Gasteiger partial charge in [-0.25, -0.2) is 0 Å². The van der Waals surface area contributed by atoms with Crippen molar-refractivity contribution < 1.29 is 19.0 Å². The van der Waals surface area contributed by atoms with Gasteiger partial charge in [-0.3, -0.25) is 4.79 Å². The van der Waals surface area contributed by atoms with Crippen molar-refractivity contribution >= 4 is 5.97 Å².